The van der Waals surface area contributed by atoms with Crippen molar-refractivity contribution in [3.8, 4) is 5.75 Å². The van der Waals surface area contributed by atoms with Crippen molar-refractivity contribution in [2.45, 2.75) is 19.4 Å². The molecule has 1 aromatic carbocycles. The maximum atomic E-state index is 13.3. The van der Waals surface area contributed by atoms with Gasteiger partial charge in [0.25, 0.3) is 0 Å². The summed E-state index contributed by atoms with van der Waals surface area (Å²) in [5, 5.41) is 8.87. The predicted octanol–water partition coefficient (Wildman–Crippen LogP) is 2.21. The van der Waals surface area contributed by atoms with Gasteiger partial charge in [0, 0.05) is 11.6 Å². The Morgan fingerprint density at radius 2 is 2.14 bits per heavy atom. The fraction of sp³-hybridized carbons (Fsp3) is 0.333. The molecule has 78 valence electrons. The molecule has 0 radical (unpaired) electrons. The van der Waals surface area contributed by atoms with Gasteiger partial charge in [0.05, 0.1) is 5.02 Å². The van der Waals surface area contributed by atoms with E-state index in [4.69, 9.17) is 17.3 Å². The number of phenols is 1. The summed E-state index contributed by atoms with van der Waals surface area (Å²) in [7, 11) is 0. The fourth-order valence-electron chi connectivity index (χ4n) is 1.14. The standard InChI is InChI=1S/C9H10ClF2NO/c1-4(13)2-5-8(12)6(10)3-7(11)9(5)14/h3-4,14H,2,13H2,1H3. The molecule has 0 heterocycles. The van der Waals surface area contributed by atoms with Gasteiger partial charge in [0.2, 0.25) is 0 Å². The normalized spacial score (nSPS) is 12.9. The van der Waals surface area contributed by atoms with E-state index in [-0.39, 0.29) is 23.0 Å². The van der Waals surface area contributed by atoms with E-state index in [1.807, 2.05) is 0 Å². The summed E-state index contributed by atoms with van der Waals surface area (Å²) in [4.78, 5) is 0. The Balaban J connectivity index is 3.25. The molecule has 0 aliphatic heterocycles. The van der Waals surface area contributed by atoms with Gasteiger partial charge in [-0.2, -0.15) is 0 Å². The van der Waals surface area contributed by atoms with Crippen molar-refractivity contribution in [1.29, 1.82) is 0 Å². The van der Waals surface area contributed by atoms with Crippen LogP contribution in [-0.4, -0.2) is 11.1 Å². The van der Waals surface area contributed by atoms with Gasteiger partial charge in [-0.25, -0.2) is 8.78 Å². The molecule has 5 heteroatoms. The minimum Gasteiger partial charge on any atom is -0.505 e. The van der Waals surface area contributed by atoms with Crippen LogP contribution >= 0.6 is 11.6 Å². The van der Waals surface area contributed by atoms with Crippen molar-refractivity contribution in [3.05, 3.63) is 28.3 Å². The first kappa shape index (κ1) is 11.2. The lowest BCUT2D eigenvalue weighted by Gasteiger charge is -2.10. The zero-order valence-electron chi connectivity index (χ0n) is 7.52. The minimum atomic E-state index is -0.938. The van der Waals surface area contributed by atoms with Crippen molar-refractivity contribution >= 4 is 11.6 Å². The van der Waals surface area contributed by atoms with E-state index in [1.165, 1.54) is 0 Å². The monoisotopic (exact) mass is 221 g/mol. The van der Waals surface area contributed by atoms with Crippen molar-refractivity contribution in [2.24, 2.45) is 5.73 Å². The molecular formula is C9H10ClF2NO. The molecule has 0 saturated carbocycles. The molecule has 1 rings (SSSR count). The Bertz CT molecular complexity index is 329. The van der Waals surface area contributed by atoms with E-state index in [1.54, 1.807) is 6.92 Å². The zero-order chi connectivity index (χ0) is 10.9. The zero-order valence-corrected chi connectivity index (χ0v) is 8.28. The number of hydrogen-bond acceptors (Lipinski definition) is 2. The molecule has 1 atom stereocenters. The van der Waals surface area contributed by atoms with Crippen LogP contribution in [0.4, 0.5) is 8.78 Å². The number of hydrogen-bond donors (Lipinski definition) is 2. The van der Waals surface area contributed by atoms with Crippen molar-refractivity contribution in [3.63, 3.8) is 0 Å². The van der Waals surface area contributed by atoms with Gasteiger partial charge in [-0.15, -0.1) is 0 Å². The number of nitrogens with two attached hydrogens (primary N) is 1. The summed E-state index contributed by atoms with van der Waals surface area (Å²) in [6.07, 6.45) is 0.0369. The van der Waals surface area contributed by atoms with Crippen LogP contribution < -0.4 is 5.73 Å². The first-order valence-electron chi connectivity index (χ1n) is 4.04. The second kappa shape index (κ2) is 4.11. The van der Waals surface area contributed by atoms with Crippen LogP contribution in [-0.2, 0) is 6.42 Å². The number of aromatic hydroxyl groups is 1. The Labute approximate surface area is 85.3 Å². The number of phenolic OH excluding ortho intramolecular Hbond substituents is 1. The maximum absolute atomic E-state index is 13.3. The van der Waals surface area contributed by atoms with E-state index >= 15 is 0 Å². The van der Waals surface area contributed by atoms with E-state index in [0.29, 0.717) is 0 Å². The van der Waals surface area contributed by atoms with Gasteiger partial charge in [0.15, 0.2) is 11.6 Å². The topological polar surface area (TPSA) is 46.2 Å². The third-order valence-corrected chi connectivity index (χ3v) is 2.04. The highest BCUT2D eigenvalue weighted by atomic mass is 35.5. The Morgan fingerprint density at radius 3 is 2.64 bits per heavy atom. The summed E-state index contributed by atoms with van der Waals surface area (Å²) >= 11 is 5.41. The largest absolute Gasteiger partial charge is 0.505 e. The number of rotatable bonds is 2. The lowest BCUT2D eigenvalue weighted by atomic mass is 10.1. The average Bonchev–Trinajstić information content (AvgIpc) is 2.09. The molecule has 0 amide bonds. The van der Waals surface area contributed by atoms with E-state index in [0.717, 1.165) is 6.07 Å². The van der Waals surface area contributed by atoms with Crippen LogP contribution in [0.2, 0.25) is 5.02 Å². The fourth-order valence-corrected chi connectivity index (χ4v) is 1.35. The summed E-state index contributed by atoms with van der Waals surface area (Å²) in [5.41, 5.74) is 5.24. The molecular weight excluding hydrogens is 212 g/mol. The lowest BCUT2D eigenvalue weighted by molar-refractivity contribution is 0.415. The van der Waals surface area contributed by atoms with Crippen molar-refractivity contribution in [2.75, 3.05) is 0 Å². The molecule has 0 spiro atoms. The van der Waals surface area contributed by atoms with Crippen LogP contribution in [0, 0.1) is 11.6 Å². The molecule has 14 heavy (non-hydrogen) atoms. The Morgan fingerprint density at radius 1 is 1.57 bits per heavy atom. The van der Waals surface area contributed by atoms with Gasteiger partial charge >= 0.3 is 0 Å². The molecule has 0 aliphatic carbocycles. The molecule has 0 saturated heterocycles. The summed E-state index contributed by atoms with van der Waals surface area (Å²) in [6, 6.07) is 0.352. The molecule has 0 fully saturated rings. The summed E-state index contributed by atoms with van der Waals surface area (Å²) in [6.45, 7) is 1.62. The van der Waals surface area contributed by atoms with Crippen LogP contribution in [0.25, 0.3) is 0 Å². The highest BCUT2D eigenvalue weighted by molar-refractivity contribution is 6.30. The highest BCUT2D eigenvalue weighted by Gasteiger charge is 2.17. The second-order valence-corrected chi connectivity index (χ2v) is 3.57. The molecule has 0 bridgehead atoms. The molecule has 2 nitrogen and oxygen atoms in total. The quantitative estimate of drug-likeness (QED) is 0.753. The number of benzene rings is 1. The van der Waals surface area contributed by atoms with Gasteiger partial charge in [-0.3, -0.25) is 0 Å². The van der Waals surface area contributed by atoms with Crippen LogP contribution in [0.15, 0.2) is 6.07 Å². The molecule has 3 N–H and O–H groups in total. The van der Waals surface area contributed by atoms with E-state index < -0.39 is 17.4 Å². The lowest BCUT2D eigenvalue weighted by Crippen LogP contribution is -2.19. The summed E-state index contributed by atoms with van der Waals surface area (Å²) in [5.74, 6) is -2.47. The third kappa shape index (κ3) is 2.13. The van der Waals surface area contributed by atoms with Crippen LogP contribution in [0.5, 0.6) is 5.75 Å². The Hall–Kier alpha value is -0.870. The van der Waals surface area contributed by atoms with Gasteiger partial charge in [-0.1, -0.05) is 11.6 Å². The van der Waals surface area contributed by atoms with Gasteiger partial charge in [0.1, 0.15) is 5.82 Å². The van der Waals surface area contributed by atoms with Gasteiger partial charge < -0.3 is 10.8 Å². The maximum Gasteiger partial charge on any atom is 0.166 e. The molecule has 0 aliphatic rings. The van der Waals surface area contributed by atoms with Crippen molar-refractivity contribution in [1.82, 2.24) is 0 Å². The second-order valence-electron chi connectivity index (χ2n) is 3.16. The molecule has 0 aromatic heterocycles. The molecule has 1 unspecified atom stereocenters. The first-order valence-corrected chi connectivity index (χ1v) is 4.42. The average molecular weight is 222 g/mol. The first-order chi connectivity index (χ1) is 6.43. The van der Waals surface area contributed by atoms with Crippen molar-refractivity contribution < 1.29 is 13.9 Å². The highest BCUT2D eigenvalue weighted by Crippen LogP contribution is 2.30. The van der Waals surface area contributed by atoms with Crippen LogP contribution in [0.3, 0.4) is 0 Å². The summed E-state index contributed by atoms with van der Waals surface area (Å²) < 4.78 is 26.2. The van der Waals surface area contributed by atoms with E-state index in [9.17, 15) is 13.9 Å². The predicted molar refractivity (Wildman–Crippen MR) is 50.4 cm³/mol. The van der Waals surface area contributed by atoms with E-state index in [2.05, 4.69) is 0 Å². The SMILES string of the molecule is CC(N)Cc1c(O)c(F)cc(Cl)c1F. The third-order valence-electron chi connectivity index (χ3n) is 1.77. The van der Waals surface area contributed by atoms with Crippen LogP contribution in [0.1, 0.15) is 12.5 Å². The Kier molecular flexibility index (Phi) is 3.29. The van der Waals surface area contributed by atoms with Gasteiger partial charge in [-0.05, 0) is 19.4 Å². The number of halogens is 3. The smallest absolute Gasteiger partial charge is 0.166 e. The molecule has 1 aromatic rings. The minimum absolute atomic E-state index is 0.0369.